The minimum atomic E-state index is -0.113. The van der Waals surface area contributed by atoms with Crippen molar-refractivity contribution in [1.82, 2.24) is 0 Å². The summed E-state index contributed by atoms with van der Waals surface area (Å²) in [6, 6.07) is 2.89. The molecule has 1 aliphatic heterocycles. The quantitative estimate of drug-likeness (QED) is 0.707. The van der Waals surface area contributed by atoms with Crippen LogP contribution in [0, 0.1) is 0 Å². The third-order valence-electron chi connectivity index (χ3n) is 3.91. The molecule has 1 aromatic rings. The number of hydrogen-bond donors (Lipinski definition) is 0. The molecule has 2 heterocycles. The average Bonchev–Trinajstić information content (AvgIpc) is 2.61. The molecule has 0 N–H and O–H groups in total. The molecule has 26 heavy (non-hydrogen) atoms. The topological polar surface area (TPSA) is 56.5 Å². The van der Waals surface area contributed by atoms with Crippen molar-refractivity contribution in [2.75, 3.05) is 0 Å². The van der Waals surface area contributed by atoms with Gasteiger partial charge in [-0.1, -0.05) is 37.3 Å². The molecular weight excluding hydrogens is 328 g/mol. The van der Waals surface area contributed by atoms with E-state index in [4.69, 9.17) is 9.15 Å². The molecule has 4 heteroatoms. The van der Waals surface area contributed by atoms with Crippen LogP contribution in [0.3, 0.4) is 0 Å². The first kappa shape index (κ1) is 19.7. The molecule has 138 valence electrons. The lowest BCUT2D eigenvalue weighted by Crippen LogP contribution is -2.03. The highest BCUT2D eigenvalue weighted by Gasteiger charge is 2.06. The Morgan fingerprint density at radius 3 is 2.73 bits per heavy atom. The van der Waals surface area contributed by atoms with Gasteiger partial charge in [-0.25, -0.2) is 0 Å². The molecule has 0 saturated carbocycles. The zero-order valence-electron chi connectivity index (χ0n) is 15.3. The van der Waals surface area contributed by atoms with Crippen LogP contribution in [0.4, 0.5) is 0 Å². The lowest BCUT2D eigenvalue weighted by molar-refractivity contribution is -0.113. The summed E-state index contributed by atoms with van der Waals surface area (Å²) >= 11 is 0. The van der Waals surface area contributed by atoms with Crippen molar-refractivity contribution < 1.29 is 13.9 Å². The smallest absolute Gasteiger partial charge is 0.293 e. The van der Waals surface area contributed by atoms with Gasteiger partial charge in [-0.3, -0.25) is 9.59 Å². The summed E-state index contributed by atoms with van der Waals surface area (Å²) in [5.74, 6) is 1.74. The Morgan fingerprint density at radius 2 is 1.88 bits per heavy atom. The Labute approximate surface area is 154 Å². The number of rotatable bonds is 1. The van der Waals surface area contributed by atoms with Crippen molar-refractivity contribution in [3.8, 4) is 5.95 Å². The molecule has 0 spiro atoms. The molecule has 0 fully saturated rings. The third kappa shape index (κ3) is 7.51. The average molecular weight is 354 g/mol. The van der Waals surface area contributed by atoms with E-state index in [-0.39, 0.29) is 17.2 Å². The first-order chi connectivity index (χ1) is 12.7. The highest BCUT2D eigenvalue weighted by atomic mass is 16.6. The summed E-state index contributed by atoms with van der Waals surface area (Å²) in [6.07, 6.45) is 18.3. The van der Waals surface area contributed by atoms with Gasteiger partial charge in [0.15, 0.2) is 11.2 Å². The second kappa shape index (κ2) is 11.1. The molecule has 0 aliphatic carbocycles. The van der Waals surface area contributed by atoms with E-state index in [9.17, 15) is 9.59 Å². The van der Waals surface area contributed by atoms with Crippen LogP contribution < -0.4 is 10.2 Å². The molecule has 0 amide bonds. The fourth-order valence-electron chi connectivity index (χ4n) is 2.53. The monoisotopic (exact) mass is 354 g/mol. The number of ether oxygens (including phenoxy) is 1. The highest BCUT2D eigenvalue weighted by Crippen LogP contribution is 2.17. The molecule has 2 rings (SSSR count). The standard InChI is InChI=1S/C22H26O4/c1-2-20-14-10-5-3-4-8-12-18(23)13-9-6-7-11-15-21-16-19(24)17-22(25-20)26-21/h3-5,8-9,13-14,16-17H,2,6-7,10-12,15H2,1H3. The van der Waals surface area contributed by atoms with Gasteiger partial charge in [-0.15, -0.1) is 0 Å². The molecule has 0 saturated heterocycles. The van der Waals surface area contributed by atoms with Crippen molar-refractivity contribution >= 4 is 5.78 Å². The maximum absolute atomic E-state index is 11.9. The Balaban J connectivity index is 2.16. The number of hydrogen-bond acceptors (Lipinski definition) is 4. The summed E-state index contributed by atoms with van der Waals surface area (Å²) in [7, 11) is 0. The van der Waals surface area contributed by atoms with Crippen molar-refractivity contribution in [1.29, 1.82) is 0 Å². The predicted octanol–water partition coefficient (Wildman–Crippen LogP) is 5.06. The van der Waals surface area contributed by atoms with E-state index in [1.54, 1.807) is 6.08 Å². The van der Waals surface area contributed by atoms with E-state index < -0.39 is 0 Å². The fraction of sp³-hybridized carbons (Fsp3) is 0.364. The predicted molar refractivity (Wildman–Crippen MR) is 103 cm³/mol. The number of ketones is 1. The fourth-order valence-corrected chi connectivity index (χ4v) is 2.53. The van der Waals surface area contributed by atoms with Gasteiger partial charge in [0, 0.05) is 25.3 Å². The molecule has 0 atom stereocenters. The zero-order valence-corrected chi connectivity index (χ0v) is 15.3. The number of carbonyl (C=O) groups excluding carboxylic acids is 1. The van der Waals surface area contributed by atoms with Crippen LogP contribution in [-0.4, -0.2) is 5.78 Å². The van der Waals surface area contributed by atoms with E-state index in [1.165, 1.54) is 12.1 Å². The van der Waals surface area contributed by atoms with Crippen LogP contribution in [-0.2, 0) is 11.2 Å². The second-order valence-corrected chi connectivity index (χ2v) is 6.12. The van der Waals surface area contributed by atoms with Gasteiger partial charge >= 0.3 is 0 Å². The maximum atomic E-state index is 11.9. The highest BCUT2D eigenvalue weighted by molar-refractivity contribution is 5.90. The van der Waals surface area contributed by atoms with Crippen LogP contribution in [0.1, 0.15) is 51.2 Å². The Kier molecular flexibility index (Phi) is 8.40. The van der Waals surface area contributed by atoms with E-state index >= 15 is 0 Å². The third-order valence-corrected chi connectivity index (χ3v) is 3.91. The first-order valence-corrected chi connectivity index (χ1v) is 9.19. The lowest BCUT2D eigenvalue weighted by Gasteiger charge is -2.08. The lowest BCUT2D eigenvalue weighted by atomic mass is 10.1. The second-order valence-electron chi connectivity index (χ2n) is 6.12. The zero-order chi connectivity index (χ0) is 18.6. The SMILES string of the molecule is CCC1=CCC=CC=CCC(=O)C=CCCCCc2cc(=O)cc(o2)O1. The van der Waals surface area contributed by atoms with Crippen LogP contribution in [0.5, 0.6) is 5.95 Å². The number of allylic oxidation sites excluding steroid dienone is 8. The van der Waals surface area contributed by atoms with Crippen LogP contribution in [0.15, 0.2) is 69.6 Å². The number of carbonyl (C=O) groups is 1. The minimum Gasteiger partial charge on any atom is -0.431 e. The Morgan fingerprint density at radius 1 is 1.04 bits per heavy atom. The molecule has 0 unspecified atom stereocenters. The molecule has 0 aromatic carbocycles. The van der Waals surface area contributed by atoms with Gasteiger partial charge in [0.05, 0.1) is 6.07 Å². The van der Waals surface area contributed by atoms with Gasteiger partial charge in [-0.05, 0) is 37.8 Å². The molecule has 2 bridgehead atoms. The van der Waals surface area contributed by atoms with Gasteiger partial charge in [0.2, 0.25) is 0 Å². The van der Waals surface area contributed by atoms with Crippen molar-refractivity contribution in [2.24, 2.45) is 0 Å². The van der Waals surface area contributed by atoms with Crippen LogP contribution in [0.25, 0.3) is 0 Å². The van der Waals surface area contributed by atoms with Crippen molar-refractivity contribution in [2.45, 2.75) is 51.9 Å². The van der Waals surface area contributed by atoms with Crippen LogP contribution in [0.2, 0.25) is 0 Å². The van der Waals surface area contributed by atoms with Gasteiger partial charge < -0.3 is 9.15 Å². The molecule has 1 aromatic heterocycles. The number of fused-ring (bicyclic) bond motifs is 2. The van der Waals surface area contributed by atoms with Gasteiger partial charge in [0.25, 0.3) is 5.95 Å². The maximum Gasteiger partial charge on any atom is 0.293 e. The summed E-state index contributed by atoms with van der Waals surface area (Å²) in [4.78, 5) is 23.6. The number of aryl methyl sites for hydroxylation is 1. The van der Waals surface area contributed by atoms with E-state index in [0.717, 1.165) is 25.0 Å². The van der Waals surface area contributed by atoms with Gasteiger partial charge in [0.1, 0.15) is 11.5 Å². The Bertz CT molecular complexity index is 763. The first-order valence-electron chi connectivity index (χ1n) is 9.19. The molecule has 4 nitrogen and oxygen atoms in total. The summed E-state index contributed by atoms with van der Waals surface area (Å²) in [5, 5.41) is 0. The Hall–Kier alpha value is -2.62. The largest absolute Gasteiger partial charge is 0.431 e. The van der Waals surface area contributed by atoms with Crippen molar-refractivity contribution in [3.05, 3.63) is 76.4 Å². The van der Waals surface area contributed by atoms with Gasteiger partial charge in [-0.2, -0.15) is 0 Å². The van der Waals surface area contributed by atoms with Crippen molar-refractivity contribution in [3.63, 3.8) is 0 Å². The van der Waals surface area contributed by atoms with Crippen LogP contribution >= 0.6 is 0 Å². The molecular formula is C22H26O4. The normalized spacial score (nSPS) is 17.0. The summed E-state index contributed by atoms with van der Waals surface area (Å²) in [6.45, 7) is 1.99. The minimum absolute atomic E-state index is 0.104. The summed E-state index contributed by atoms with van der Waals surface area (Å²) in [5.41, 5.74) is -0.113. The molecule has 0 radical (unpaired) electrons. The summed E-state index contributed by atoms with van der Waals surface area (Å²) < 4.78 is 11.5. The van der Waals surface area contributed by atoms with E-state index in [1.807, 2.05) is 43.4 Å². The van der Waals surface area contributed by atoms with E-state index in [0.29, 0.717) is 31.4 Å². The van der Waals surface area contributed by atoms with E-state index in [2.05, 4.69) is 0 Å². The molecule has 1 aliphatic rings.